The van der Waals surface area contributed by atoms with Crippen molar-refractivity contribution in [2.75, 3.05) is 0 Å². The van der Waals surface area contributed by atoms with Crippen molar-refractivity contribution < 1.29 is 4.57 Å². The third-order valence-corrected chi connectivity index (χ3v) is 9.39. The van der Waals surface area contributed by atoms with Crippen LogP contribution in [0, 0.1) is 0 Å². The van der Waals surface area contributed by atoms with Gasteiger partial charge < -0.3 is 0 Å². The summed E-state index contributed by atoms with van der Waals surface area (Å²) >= 11 is 0. The van der Waals surface area contributed by atoms with Gasteiger partial charge in [-0.1, -0.05) is 181 Å². The van der Waals surface area contributed by atoms with Gasteiger partial charge in [-0.25, -0.2) is 9.55 Å². The van der Waals surface area contributed by atoms with E-state index < -0.39 is 0 Å². The fourth-order valence-corrected chi connectivity index (χ4v) is 6.60. The molecule has 2 atom stereocenters. The monoisotopic (exact) mass is 560 g/mol. The minimum absolute atomic E-state index is 0.620. The van der Waals surface area contributed by atoms with Crippen LogP contribution in [0.2, 0.25) is 0 Å². The first-order valence-electron chi connectivity index (χ1n) is 18.8. The summed E-state index contributed by atoms with van der Waals surface area (Å²) in [6, 6.07) is 0.620. The lowest BCUT2D eigenvalue weighted by Gasteiger charge is -2.17. The molecule has 1 aromatic rings. The summed E-state index contributed by atoms with van der Waals surface area (Å²) < 4.78 is 2.63. The Morgan fingerprint density at radius 2 is 0.800 bits per heavy atom. The molecule has 0 spiro atoms. The first kappa shape index (κ1) is 37.2. The van der Waals surface area contributed by atoms with Crippen LogP contribution < -0.4 is 4.57 Å². The van der Waals surface area contributed by atoms with Crippen LogP contribution in [0.25, 0.3) is 0 Å². The molecule has 2 nitrogen and oxygen atoms in total. The third kappa shape index (κ3) is 20.1. The average Bonchev–Trinajstić information content (AvgIpc) is 3.45. The maximum Gasteiger partial charge on any atom is 0.257 e. The van der Waals surface area contributed by atoms with Gasteiger partial charge in [0.05, 0.1) is 12.0 Å². The standard InChI is InChI=1S/C38H74N2/c1-5-8-11-14-17-20-22-25-28-31-36(4)40-35-34-39-38(40)37(32-29-26-23-19-16-13-10-7-3)33-30-27-24-21-18-15-12-9-6-2/h34-37H,5-33H2,1-4H3/p+1. The van der Waals surface area contributed by atoms with E-state index >= 15 is 0 Å². The summed E-state index contributed by atoms with van der Waals surface area (Å²) in [4.78, 5) is 3.74. The quantitative estimate of drug-likeness (QED) is 0.0689. The summed E-state index contributed by atoms with van der Waals surface area (Å²) in [5.41, 5.74) is 0. The molecule has 0 aromatic carbocycles. The number of nitrogens with zero attached hydrogens (tertiary/aromatic N) is 1. The van der Waals surface area contributed by atoms with E-state index in [-0.39, 0.29) is 0 Å². The summed E-state index contributed by atoms with van der Waals surface area (Å²) in [7, 11) is 0. The topological polar surface area (TPSA) is 19.7 Å². The molecule has 1 rings (SSSR count). The molecule has 2 heteroatoms. The molecular formula is C38H75N2+. The van der Waals surface area contributed by atoms with Crippen LogP contribution >= 0.6 is 0 Å². The minimum Gasteiger partial charge on any atom is -0.247 e. The highest BCUT2D eigenvalue weighted by atomic mass is 15.1. The van der Waals surface area contributed by atoms with Gasteiger partial charge in [0.1, 0.15) is 12.4 Å². The van der Waals surface area contributed by atoms with Crippen molar-refractivity contribution in [3.8, 4) is 0 Å². The van der Waals surface area contributed by atoms with Crippen molar-refractivity contribution in [1.29, 1.82) is 0 Å². The lowest BCUT2D eigenvalue weighted by molar-refractivity contribution is -0.727. The van der Waals surface area contributed by atoms with Gasteiger partial charge in [-0.3, -0.25) is 0 Å². The summed E-state index contributed by atoms with van der Waals surface area (Å²) in [5, 5.41) is 0. The number of imidazole rings is 1. The van der Waals surface area contributed by atoms with Crippen LogP contribution in [0.4, 0.5) is 0 Å². The van der Waals surface area contributed by atoms with Gasteiger partial charge in [-0.05, 0) is 32.6 Å². The van der Waals surface area contributed by atoms with E-state index in [0.717, 1.165) is 0 Å². The van der Waals surface area contributed by atoms with Gasteiger partial charge in [-0.15, -0.1) is 0 Å². The molecule has 1 aromatic heterocycles. The van der Waals surface area contributed by atoms with Crippen LogP contribution in [0.1, 0.15) is 232 Å². The van der Waals surface area contributed by atoms with Crippen LogP contribution in [-0.2, 0) is 0 Å². The zero-order valence-electron chi connectivity index (χ0n) is 28.3. The van der Waals surface area contributed by atoms with Gasteiger partial charge in [0.15, 0.2) is 0 Å². The van der Waals surface area contributed by atoms with E-state index in [1.807, 2.05) is 0 Å². The zero-order chi connectivity index (χ0) is 28.9. The molecule has 0 saturated heterocycles. The Bertz CT molecular complexity index is 621. The molecule has 0 amide bonds. The molecule has 0 radical (unpaired) electrons. The van der Waals surface area contributed by atoms with Crippen LogP contribution in [-0.4, -0.2) is 4.98 Å². The maximum atomic E-state index is 3.74. The van der Waals surface area contributed by atoms with E-state index in [0.29, 0.717) is 12.0 Å². The first-order valence-corrected chi connectivity index (χ1v) is 18.8. The molecule has 0 fully saturated rings. The summed E-state index contributed by atoms with van der Waals surface area (Å²) in [6.07, 6.45) is 45.7. The minimum atomic E-state index is 0.620. The Hall–Kier alpha value is -0.790. The van der Waals surface area contributed by atoms with E-state index in [9.17, 15) is 0 Å². The highest BCUT2D eigenvalue weighted by molar-refractivity contribution is 4.90. The molecule has 0 aliphatic carbocycles. The van der Waals surface area contributed by atoms with Gasteiger partial charge >= 0.3 is 0 Å². The average molecular weight is 560 g/mol. The van der Waals surface area contributed by atoms with E-state index in [1.54, 1.807) is 0 Å². The fraction of sp³-hybridized carbons (Fsp3) is 0.921. The van der Waals surface area contributed by atoms with Crippen LogP contribution in [0.3, 0.4) is 0 Å². The SMILES string of the molecule is CCCCCCCCCCCC(CCCCCCCCCC)c1[nH]cc[n+]1C(C)CCCCCCCCCCC. The van der Waals surface area contributed by atoms with Crippen molar-refractivity contribution in [2.24, 2.45) is 0 Å². The van der Waals surface area contributed by atoms with Crippen molar-refractivity contribution in [3.63, 3.8) is 0 Å². The number of hydrogen-bond acceptors (Lipinski definition) is 0. The highest BCUT2D eigenvalue weighted by Gasteiger charge is 2.25. The van der Waals surface area contributed by atoms with Gasteiger partial charge in [0, 0.05) is 0 Å². The number of aromatic amines is 1. The predicted octanol–water partition coefficient (Wildman–Crippen LogP) is 13.3. The zero-order valence-corrected chi connectivity index (χ0v) is 28.3. The van der Waals surface area contributed by atoms with E-state index in [4.69, 9.17) is 0 Å². The molecule has 0 bridgehead atoms. The number of aromatic nitrogens is 2. The molecule has 40 heavy (non-hydrogen) atoms. The van der Waals surface area contributed by atoms with Crippen molar-refractivity contribution in [3.05, 3.63) is 18.2 Å². The second kappa shape index (κ2) is 28.3. The molecular weight excluding hydrogens is 484 g/mol. The summed E-state index contributed by atoms with van der Waals surface area (Å²) in [6.45, 7) is 9.41. The van der Waals surface area contributed by atoms with E-state index in [2.05, 4.69) is 49.6 Å². The van der Waals surface area contributed by atoms with Crippen LogP contribution in [0.15, 0.2) is 12.4 Å². The van der Waals surface area contributed by atoms with Crippen molar-refractivity contribution >= 4 is 0 Å². The second-order valence-electron chi connectivity index (χ2n) is 13.3. The van der Waals surface area contributed by atoms with Gasteiger partial charge in [0.25, 0.3) is 5.82 Å². The van der Waals surface area contributed by atoms with Crippen molar-refractivity contribution in [1.82, 2.24) is 4.98 Å². The Morgan fingerprint density at radius 3 is 1.18 bits per heavy atom. The molecule has 1 N–H and O–H groups in total. The Kier molecular flexibility index (Phi) is 26.4. The lowest BCUT2D eigenvalue weighted by atomic mass is 9.92. The number of rotatable bonds is 31. The lowest BCUT2D eigenvalue weighted by Crippen LogP contribution is -2.41. The normalized spacial score (nSPS) is 13.2. The first-order chi connectivity index (χ1) is 19.7. The molecule has 1 heterocycles. The van der Waals surface area contributed by atoms with Crippen LogP contribution in [0.5, 0.6) is 0 Å². The molecule has 0 aliphatic rings. The Labute approximate surface area is 253 Å². The maximum absolute atomic E-state index is 3.74. The molecule has 2 unspecified atom stereocenters. The second-order valence-corrected chi connectivity index (χ2v) is 13.3. The number of nitrogens with one attached hydrogen (secondary N) is 1. The number of H-pyrrole nitrogens is 1. The van der Waals surface area contributed by atoms with Gasteiger partial charge in [-0.2, -0.15) is 0 Å². The molecule has 0 saturated carbocycles. The number of hydrogen-bond donors (Lipinski definition) is 1. The Morgan fingerprint density at radius 1 is 0.475 bits per heavy atom. The third-order valence-electron chi connectivity index (χ3n) is 9.39. The summed E-state index contributed by atoms with van der Waals surface area (Å²) in [5.74, 6) is 2.25. The van der Waals surface area contributed by atoms with Crippen molar-refractivity contribution in [2.45, 2.75) is 226 Å². The number of unbranched alkanes of at least 4 members (excludes halogenated alkanes) is 23. The molecule has 0 aliphatic heterocycles. The largest absolute Gasteiger partial charge is 0.257 e. The molecule has 236 valence electrons. The van der Waals surface area contributed by atoms with E-state index in [1.165, 1.54) is 192 Å². The van der Waals surface area contributed by atoms with Gasteiger partial charge in [0.2, 0.25) is 0 Å². The fourth-order valence-electron chi connectivity index (χ4n) is 6.60. The highest BCUT2D eigenvalue weighted by Crippen LogP contribution is 2.27. The predicted molar refractivity (Wildman–Crippen MR) is 179 cm³/mol. The Balaban J connectivity index is 2.45. The smallest absolute Gasteiger partial charge is 0.247 e.